The van der Waals surface area contributed by atoms with Gasteiger partial charge in [-0.15, -0.1) is 6.58 Å². The van der Waals surface area contributed by atoms with Gasteiger partial charge in [0.15, 0.2) is 0 Å². The molecule has 0 heterocycles. The lowest BCUT2D eigenvalue weighted by Gasteiger charge is -2.14. The van der Waals surface area contributed by atoms with E-state index in [1.54, 1.807) is 38.4 Å². The van der Waals surface area contributed by atoms with Crippen LogP contribution in [0.5, 0.6) is 5.75 Å². The van der Waals surface area contributed by atoms with Crippen molar-refractivity contribution in [1.29, 1.82) is 5.26 Å². The number of ether oxygens (including phenoxy) is 1. The van der Waals surface area contributed by atoms with Crippen LogP contribution in [0.3, 0.4) is 0 Å². The van der Waals surface area contributed by atoms with Gasteiger partial charge in [0.2, 0.25) is 0 Å². The summed E-state index contributed by atoms with van der Waals surface area (Å²) < 4.78 is 6.57. The lowest BCUT2D eigenvalue weighted by molar-refractivity contribution is -0.384. The summed E-state index contributed by atoms with van der Waals surface area (Å²) in [5.41, 5.74) is 2.13. The molecule has 8 heteroatoms. The molecule has 2 aromatic rings. The number of hydrogen-bond donors (Lipinski definition) is 0. The Morgan fingerprint density at radius 2 is 2.10 bits per heavy atom. The summed E-state index contributed by atoms with van der Waals surface area (Å²) in [5.74, 6) is 0.181. The molecule has 2 rings (SSSR count). The minimum Gasteiger partial charge on any atom is -0.487 e. The summed E-state index contributed by atoms with van der Waals surface area (Å²) in [5, 5.41) is 20.3. The van der Waals surface area contributed by atoms with Gasteiger partial charge in [0, 0.05) is 26.2 Å². The summed E-state index contributed by atoms with van der Waals surface area (Å²) in [6.07, 6.45) is 3.73. The second kappa shape index (κ2) is 10.4. The normalized spacial score (nSPS) is 10.8. The van der Waals surface area contributed by atoms with Gasteiger partial charge in [-0.2, -0.15) is 5.26 Å². The Hall–Kier alpha value is -3.44. The molecule has 0 atom stereocenters. The van der Waals surface area contributed by atoms with Crippen LogP contribution in [0.4, 0.5) is 5.69 Å². The standard InChI is InChI=1S/C22H20BrN3O4/c1-4-6-17-9-16(10-18(13-24)22(27)25(2)3)12-20(23)21(17)30-14-15-7-5-8-19(11-15)26(28)29/h4-5,7-12H,1,6,14H2,2-3H3/b18-10-. The Morgan fingerprint density at radius 3 is 2.70 bits per heavy atom. The molecule has 30 heavy (non-hydrogen) atoms. The van der Waals surface area contributed by atoms with Gasteiger partial charge in [-0.25, -0.2) is 0 Å². The van der Waals surface area contributed by atoms with Crippen molar-refractivity contribution in [2.75, 3.05) is 14.1 Å². The molecular formula is C22H20BrN3O4. The highest BCUT2D eigenvalue weighted by Crippen LogP contribution is 2.33. The molecule has 0 unspecified atom stereocenters. The van der Waals surface area contributed by atoms with E-state index in [0.29, 0.717) is 27.8 Å². The Labute approximate surface area is 183 Å². The topological polar surface area (TPSA) is 96.5 Å². The number of nitriles is 1. The van der Waals surface area contributed by atoms with Crippen molar-refractivity contribution < 1.29 is 14.5 Å². The van der Waals surface area contributed by atoms with Crippen LogP contribution in [0, 0.1) is 21.4 Å². The minimum absolute atomic E-state index is 0.00319. The van der Waals surface area contributed by atoms with Crippen molar-refractivity contribution >= 4 is 33.6 Å². The maximum Gasteiger partial charge on any atom is 0.269 e. The average Bonchev–Trinajstić information content (AvgIpc) is 2.71. The molecule has 1 amide bonds. The van der Waals surface area contributed by atoms with Crippen LogP contribution in [0.1, 0.15) is 16.7 Å². The fourth-order valence-corrected chi connectivity index (χ4v) is 3.32. The number of nitro groups is 1. The number of nitrogens with zero attached hydrogens (tertiary/aromatic N) is 3. The summed E-state index contributed by atoms with van der Waals surface area (Å²) in [6.45, 7) is 3.90. The first-order valence-electron chi connectivity index (χ1n) is 8.89. The SMILES string of the molecule is C=CCc1cc(/C=C(/C#N)C(=O)N(C)C)cc(Br)c1OCc1cccc([N+](=O)[O-])c1. The zero-order chi connectivity index (χ0) is 22.3. The first kappa shape index (κ1) is 22.8. The number of allylic oxidation sites excluding steroid dienone is 1. The minimum atomic E-state index is -0.453. The Bertz CT molecular complexity index is 1050. The van der Waals surface area contributed by atoms with Gasteiger partial charge in [0.05, 0.1) is 9.40 Å². The summed E-state index contributed by atoms with van der Waals surface area (Å²) in [4.78, 5) is 23.9. The van der Waals surface area contributed by atoms with E-state index in [1.165, 1.54) is 23.1 Å². The van der Waals surface area contributed by atoms with Crippen LogP contribution in [0.25, 0.3) is 6.08 Å². The fourth-order valence-electron chi connectivity index (χ4n) is 2.69. The largest absolute Gasteiger partial charge is 0.487 e. The molecule has 0 radical (unpaired) electrons. The number of halogens is 1. The number of amides is 1. The van der Waals surface area contributed by atoms with Crippen LogP contribution in [0.15, 0.2) is 59.1 Å². The van der Waals surface area contributed by atoms with Gasteiger partial charge < -0.3 is 9.64 Å². The van der Waals surface area contributed by atoms with Crippen LogP contribution in [-0.2, 0) is 17.8 Å². The van der Waals surface area contributed by atoms with Gasteiger partial charge >= 0.3 is 0 Å². The Balaban J connectivity index is 2.36. The lowest BCUT2D eigenvalue weighted by Crippen LogP contribution is -2.22. The van der Waals surface area contributed by atoms with Gasteiger partial charge in [0.1, 0.15) is 24.0 Å². The summed E-state index contributed by atoms with van der Waals surface area (Å²) >= 11 is 3.48. The number of carbonyl (C=O) groups is 1. The maximum atomic E-state index is 12.1. The highest BCUT2D eigenvalue weighted by Gasteiger charge is 2.14. The number of likely N-dealkylation sites (N-methyl/N-ethyl adjacent to an activating group) is 1. The number of rotatable bonds is 8. The van der Waals surface area contributed by atoms with E-state index in [2.05, 4.69) is 22.5 Å². The van der Waals surface area contributed by atoms with Crippen LogP contribution >= 0.6 is 15.9 Å². The third kappa shape index (κ3) is 5.78. The van der Waals surface area contributed by atoms with E-state index in [0.717, 1.165) is 5.56 Å². The summed E-state index contributed by atoms with van der Waals surface area (Å²) in [7, 11) is 3.16. The fraction of sp³-hybridized carbons (Fsp3) is 0.182. The van der Waals surface area contributed by atoms with E-state index < -0.39 is 4.92 Å². The lowest BCUT2D eigenvalue weighted by atomic mass is 10.0. The smallest absolute Gasteiger partial charge is 0.269 e. The van der Waals surface area contributed by atoms with Gasteiger partial charge in [-0.1, -0.05) is 18.2 Å². The molecule has 0 bridgehead atoms. The zero-order valence-corrected chi connectivity index (χ0v) is 18.2. The highest BCUT2D eigenvalue weighted by molar-refractivity contribution is 9.10. The number of nitro benzene ring substituents is 1. The Kier molecular flexibility index (Phi) is 7.90. The van der Waals surface area contributed by atoms with E-state index in [-0.39, 0.29) is 23.8 Å². The molecule has 7 nitrogen and oxygen atoms in total. The molecule has 0 spiro atoms. The molecule has 154 valence electrons. The van der Waals surface area contributed by atoms with Crippen molar-refractivity contribution in [2.45, 2.75) is 13.0 Å². The Morgan fingerprint density at radius 1 is 1.37 bits per heavy atom. The van der Waals surface area contributed by atoms with Crippen molar-refractivity contribution in [3.63, 3.8) is 0 Å². The molecule has 0 N–H and O–H groups in total. The molecule has 2 aromatic carbocycles. The second-order valence-corrected chi connectivity index (χ2v) is 7.42. The van der Waals surface area contributed by atoms with Gasteiger partial charge in [-0.05, 0) is 57.2 Å². The first-order chi connectivity index (χ1) is 14.3. The van der Waals surface area contributed by atoms with Crippen LogP contribution in [-0.4, -0.2) is 29.8 Å². The van der Waals surface area contributed by atoms with Crippen LogP contribution in [0.2, 0.25) is 0 Å². The van der Waals surface area contributed by atoms with Gasteiger partial charge in [0.25, 0.3) is 11.6 Å². The first-order valence-corrected chi connectivity index (χ1v) is 9.69. The molecule has 0 saturated carbocycles. The van der Waals surface area contributed by atoms with E-state index in [1.807, 2.05) is 12.1 Å². The zero-order valence-electron chi connectivity index (χ0n) is 16.6. The van der Waals surface area contributed by atoms with Crippen molar-refractivity contribution in [3.8, 4) is 11.8 Å². The molecule has 0 fully saturated rings. The monoisotopic (exact) mass is 469 g/mol. The van der Waals surface area contributed by atoms with Gasteiger partial charge in [-0.3, -0.25) is 14.9 Å². The second-order valence-electron chi connectivity index (χ2n) is 6.57. The predicted octanol–water partition coefficient (Wildman–Crippen LogP) is 4.66. The average molecular weight is 470 g/mol. The molecule has 0 aliphatic heterocycles. The highest BCUT2D eigenvalue weighted by atomic mass is 79.9. The molecule has 0 aromatic heterocycles. The number of carbonyl (C=O) groups excluding carboxylic acids is 1. The van der Waals surface area contributed by atoms with Crippen molar-refractivity contribution in [2.24, 2.45) is 0 Å². The maximum absolute atomic E-state index is 12.1. The third-order valence-corrected chi connectivity index (χ3v) is 4.67. The predicted molar refractivity (Wildman–Crippen MR) is 118 cm³/mol. The van der Waals surface area contributed by atoms with E-state index in [4.69, 9.17) is 4.74 Å². The summed E-state index contributed by atoms with van der Waals surface area (Å²) in [6, 6.07) is 11.7. The van der Waals surface area contributed by atoms with Crippen LogP contribution < -0.4 is 4.74 Å². The van der Waals surface area contributed by atoms with E-state index >= 15 is 0 Å². The molecular weight excluding hydrogens is 450 g/mol. The number of non-ortho nitro benzene ring substituents is 1. The van der Waals surface area contributed by atoms with E-state index in [9.17, 15) is 20.2 Å². The van der Waals surface area contributed by atoms with Crippen molar-refractivity contribution in [3.05, 3.63) is 85.9 Å². The number of hydrogen-bond acceptors (Lipinski definition) is 5. The molecule has 0 aliphatic rings. The van der Waals surface area contributed by atoms with Crippen molar-refractivity contribution in [1.82, 2.24) is 4.90 Å². The number of benzene rings is 2. The molecule has 0 aliphatic carbocycles. The third-order valence-electron chi connectivity index (χ3n) is 4.08. The quantitative estimate of drug-likeness (QED) is 0.184. The molecule has 0 saturated heterocycles.